The lowest BCUT2D eigenvalue weighted by Crippen LogP contribution is -2.47. The maximum atomic E-state index is 10.1. The van der Waals surface area contributed by atoms with Crippen LogP contribution in [0.4, 0.5) is 5.82 Å². The summed E-state index contributed by atoms with van der Waals surface area (Å²) >= 11 is 0. The molecule has 1 aromatic heterocycles. The van der Waals surface area contributed by atoms with E-state index in [-0.39, 0.29) is 6.61 Å². The van der Waals surface area contributed by atoms with Gasteiger partial charge >= 0.3 is 0 Å². The average molecular weight is 293 g/mol. The van der Waals surface area contributed by atoms with Crippen LogP contribution in [-0.2, 0) is 4.74 Å². The molecule has 0 bridgehead atoms. The van der Waals surface area contributed by atoms with E-state index in [1.807, 2.05) is 6.92 Å². The molecule has 2 aliphatic rings. The lowest BCUT2D eigenvalue weighted by atomic mass is 9.92. The maximum Gasteiger partial charge on any atom is 0.132 e. The van der Waals surface area contributed by atoms with E-state index in [9.17, 15) is 10.2 Å². The van der Waals surface area contributed by atoms with Gasteiger partial charge in [0, 0.05) is 31.7 Å². The monoisotopic (exact) mass is 293 g/mol. The third kappa shape index (κ3) is 3.17. The van der Waals surface area contributed by atoms with E-state index in [0.717, 1.165) is 37.0 Å². The van der Waals surface area contributed by atoms with Crippen molar-refractivity contribution in [1.29, 1.82) is 0 Å². The van der Waals surface area contributed by atoms with E-state index >= 15 is 0 Å². The predicted molar refractivity (Wildman–Crippen MR) is 78.4 cm³/mol. The third-order valence-electron chi connectivity index (χ3n) is 4.50. The van der Waals surface area contributed by atoms with Crippen LogP contribution < -0.4 is 4.90 Å². The lowest BCUT2D eigenvalue weighted by molar-refractivity contribution is -0.0326. The molecule has 2 fully saturated rings. The highest BCUT2D eigenvalue weighted by atomic mass is 16.5. The van der Waals surface area contributed by atoms with Crippen LogP contribution in [0.2, 0.25) is 0 Å². The molecule has 3 heterocycles. The number of aryl methyl sites for hydroxylation is 1. The molecular weight excluding hydrogens is 270 g/mol. The smallest absolute Gasteiger partial charge is 0.132 e. The van der Waals surface area contributed by atoms with E-state index in [4.69, 9.17) is 4.74 Å². The Morgan fingerprint density at radius 1 is 1.38 bits per heavy atom. The van der Waals surface area contributed by atoms with Gasteiger partial charge in [0.1, 0.15) is 11.6 Å². The molecule has 116 valence electrons. The van der Waals surface area contributed by atoms with Gasteiger partial charge in [0.25, 0.3) is 0 Å². The predicted octanol–water partition coefficient (Wildman–Crippen LogP) is 0.613. The number of ether oxygens (including phenoxy) is 1. The maximum absolute atomic E-state index is 10.1. The molecule has 2 aliphatic heterocycles. The summed E-state index contributed by atoms with van der Waals surface area (Å²) in [5, 5.41) is 19.3. The Morgan fingerprint density at radius 3 is 2.76 bits per heavy atom. The van der Waals surface area contributed by atoms with Crippen molar-refractivity contribution in [3.63, 3.8) is 0 Å². The summed E-state index contributed by atoms with van der Waals surface area (Å²) in [6.07, 6.45) is 2.14. The highest BCUT2D eigenvalue weighted by Crippen LogP contribution is 2.29. The normalized spacial score (nSPS) is 25.3. The number of hydrogen-bond acceptors (Lipinski definition) is 6. The minimum absolute atomic E-state index is 0.172. The number of nitrogens with zero attached hydrogens (tertiary/aromatic N) is 3. The number of piperidine rings is 1. The van der Waals surface area contributed by atoms with Crippen molar-refractivity contribution in [2.24, 2.45) is 0 Å². The van der Waals surface area contributed by atoms with Crippen LogP contribution in [-0.4, -0.2) is 58.7 Å². The first-order chi connectivity index (χ1) is 10.1. The minimum atomic E-state index is -0.930. The first-order valence-electron chi connectivity index (χ1n) is 7.61. The van der Waals surface area contributed by atoms with Gasteiger partial charge in [-0.15, -0.1) is 0 Å². The summed E-state index contributed by atoms with van der Waals surface area (Å²) in [5.74, 6) is 2.06. The zero-order valence-corrected chi connectivity index (χ0v) is 12.5. The Labute approximate surface area is 124 Å². The van der Waals surface area contributed by atoms with Crippen LogP contribution in [0.5, 0.6) is 0 Å². The topological polar surface area (TPSA) is 78.7 Å². The second-order valence-corrected chi connectivity index (χ2v) is 6.13. The fourth-order valence-corrected chi connectivity index (χ4v) is 3.02. The van der Waals surface area contributed by atoms with Crippen LogP contribution in [0.25, 0.3) is 0 Å². The van der Waals surface area contributed by atoms with Gasteiger partial charge in [-0.2, -0.15) is 0 Å². The Hall–Kier alpha value is -1.24. The number of hydrogen-bond donors (Lipinski definition) is 2. The molecule has 0 amide bonds. The van der Waals surface area contributed by atoms with E-state index in [0.29, 0.717) is 31.8 Å². The molecule has 0 unspecified atom stereocenters. The quantitative estimate of drug-likeness (QED) is 0.850. The molecule has 6 nitrogen and oxygen atoms in total. The van der Waals surface area contributed by atoms with Crippen LogP contribution >= 0.6 is 0 Å². The minimum Gasteiger partial charge on any atom is -0.393 e. The molecule has 0 aliphatic carbocycles. The third-order valence-corrected chi connectivity index (χ3v) is 4.50. The number of aliphatic hydroxyl groups excluding tert-OH is 1. The zero-order valence-electron chi connectivity index (χ0n) is 12.5. The molecule has 0 spiro atoms. The van der Waals surface area contributed by atoms with Crippen LogP contribution in [0, 0.1) is 6.92 Å². The first kappa shape index (κ1) is 14.7. The summed E-state index contributed by atoms with van der Waals surface area (Å²) in [5.41, 5.74) is 0.124. The fourth-order valence-electron chi connectivity index (χ4n) is 3.02. The molecule has 0 saturated carbocycles. The Morgan fingerprint density at radius 2 is 2.14 bits per heavy atom. The van der Waals surface area contributed by atoms with Gasteiger partial charge in [-0.25, -0.2) is 9.97 Å². The summed E-state index contributed by atoms with van der Waals surface area (Å²) in [4.78, 5) is 11.2. The van der Waals surface area contributed by atoms with Gasteiger partial charge in [0.2, 0.25) is 0 Å². The van der Waals surface area contributed by atoms with Crippen LogP contribution in [0.1, 0.15) is 36.7 Å². The molecule has 21 heavy (non-hydrogen) atoms. The van der Waals surface area contributed by atoms with Gasteiger partial charge in [0.05, 0.1) is 24.5 Å². The van der Waals surface area contributed by atoms with E-state index in [2.05, 4.69) is 20.9 Å². The highest BCUT2D eigenvalue weighted by Gasteiger charge is 2.32. The first-order valence-corrected chi connectivity index (χ1v) is 7.61. The summed E-state index contributed by atoms with van der Waals surface area (Å²) < 4.78 is 5.44. The molecule has 6 heteroatoms. The van der Waals surface area contributed by atoms with Crippen molar-refractivity contribution < 1.29 is 14.9 Å². The summed E-state index contributed by atoms with van der Waals surface area (Å²) in [6, 6.07) is 2.05. The number of anilines is 1. The Bertz CT molecular complexity index is 495. The van der Waals surface area contributed by atoms with Crippen molar-refractivity contribution in [3.05, 3.63) is 17.6 Å². The van der Waals surface area contributed by atoms with Gasteiger partial charge in [-0.3, -0.25) is 0 Å². The SMILES string of the molecule is Cc1nc([C@@H]2CCOC2)cc(N2CCC(O)(CO)CC2)n1. The van der Waals surface area contributed by atoms with E-state index in [1.54, 1.807) is 0 Å². The highest BCUT2D eigenvalue weighted by molar-refractivity contribution is 5.41. The molecule has 0 radical (unpaired) electrons. The second-order valence-electron chi connectivity index (χ2n) is 6.13. The molecule has 2 saturated heterocycles. The number of aromatic nitrogens is 2. The fraction of sp³-hybridized carbons (Fsp3) is 0.733. The molecule has 0 aromatic carbocycles. The lowest BCUT2D eigenvalue weighted by Gasteiger charge is -2.37. The molecule has 1 atom stereocenters. The molecule has 2 N–H and O–H groups in total. The van der Waals surface area contributed by atoms with Gasteiger partial charge in [-0.1, -0.05) is 0 Å². The van der Waals surface area contributed by atoms with Crippen molar-refractivity contribution in [3.8, 4) is 0 Å². The van der Waals surface area contributed by atoms with Crippen molar-refractivity contribution >= 4 is 5.82 Å². The van der Waals surface area contributed by atoms with E-state index in [1.165, 1.54) is 0 Å². The van der Waals surface area contributed by atoms with Gasteiger partial charge in [-0.05, 0) is 26.2 Å². The zero-order chi connectivity index (χ0) is 14.9. The van der Waals surface area contributed by atoms with Gasteiger partial charge in [0.15, 0.2) is 0 Å². The van der Waals surface area contributed by atoms with Crippen LogP contribution in [0.3, 0.4) is 0 Å². The van der Waals surface area contributed by atoms with Crippen molar-refractivity contribution in [2.45, 2.75) is 37.7 Å². The Kier molecular flexibility index (Phi) is 4.10. The van der Waals surface area contributed by atoms with Crippen LogP contribution in [0.15, 0.2) is 6.07 Å². The number of aliphatic hydroxyl groups is 2. The largest absolute Gasteiger partial charge is 0.393 e. The van der Waals surface area contributed by atoms with Crippen molar-refractivity contribution in [1.82, 2.24) is 9.97 Å². The van der Waals surface area contributed by atoms with E-state index < -0.39 is 5.60 Å². The van der Waals surface area contributed by atoms with Crippen molar-refractivity contribution in [2.75, 3.05) is 37.8 Å². The molecule has 1 aromatic rings. The van der Waals surface area contributed by atoms with Gasteiger partial charge < -0.3 is 19.8 Å². The number of rotatable bonds is 3. The second kappa shape index (κ2) is 5.87. The standard InChI is InChI=1S/C15H23N3O3/c1-11-16-13(12-2-7-21-9-12)8-14(17-11)18-5-3-15(20,10-19)4-6-18/h8,12,19-20H,2-7,9-10H2,1H3/t12-/m1/s1. The molecular formula is C15H23N3O3. The Balaban J connectivity index is 1.76. The molecule has 3 rings (SSSR count). The summed E-state index contributed by atoms with van der Waals surface area (Å²) in [6.45, 7) is 4.68. The average Bonchev–Trinajstić information content (AvgIpc) is 3.02. The summed E-state index contributed by atoms with van der Waals surface area (Å²) in [7, 11) is 0.